The van der Waals surface area contributed by atoms with Crippen molar-refractivity contribution >= 4 is 49.6 Å². The summed E-state index contributed by atoms with van der Waals surface area (Å²) in [6, 6.07) is 23.0. The SMILES string of the molecule is O=C(O)C[C@H]1[C@@H](O)[C@@]2(O)c3ccc(Br)cc3S[C@@]2(c2ccc(Br)cc2)[C@@H]1c1ccccc1. The maximum atomic E-state index is 12.4. The lowest BCUT2D eigenvalue weighted by Gasteiger charge is -2.41. The van der Waals surface area contributed by atoms with Crippen molar-refractivity contribution in [1.29, 1.82) is 0 Å². The molecular weight excluding hydrogens is 556 g/mol. The molecule has 1 aliphatic carbocycles. The number of aliphatic hydroxyl groups excluding tert-OH is 1. The van der Waals surface area contributed by atoms with Crippen molar-refractivity contribution in [3.8, 4) is 0 Å². The van der Waals surface area contributed by atoms with E-state index in [2.05, 4.69) is 31.9 Å². The number of carboxylic acid groups (broad SMARTS) is 1. The number of aliphatic carboxylic acids is 1. The van der Waals surface area contributed by atoms with Crippen molar-refractivity contribution in [2.45, 2.75) is 33.7 Å². The summed E-state index contributed by atoms with van der Waals surface area (Å²) in [5.74, 6) is -2.10. The molecule has 2 aliphatic rings. The van der Waals surface area contributed by atoms with E-state index in [-0.39, 0.29) is 6.42 Å². The lowest BCUT2D eigenvalue weighted by molar-refractivity contribution is -0.140. The van der Waals surface area contributed by atoms with E-state index in [1.807, 2.05) is 72.8 Å². The van der Waals surface area contributed by atoms with Gasteiger partial charge in [0.1, 0.15) is 5.60 Å². The Hall–Kier alpha value is -1.64. The van der Waals surface area contributed by atoms with Gasteiger partial charge in [-0.15, -0.1) is 11.8 Å². The second kappa shape index (κ2) is 7.99. The summed E-state index contributed by atoms with van der Waals surface area (Å²) in [7, 11) is 0. The average Bonchev–Trinajstić information content (AvgIpc) is 3.12. The highest BCUT2D eigenvalue weighted by molar-refractivity contribution is 9.10. The van der Waals surface area contributed by atoms with Crippen molar-refractivity contribution < 1.29 is 20.1 Å². The van der Waals surface area contributed by atoms with E-state index in [0.717, 1.165) is 25.0 Å². The Morgan fingerprint density at radius 3 is 2.28 bits per heavy atom. The Bertz CT molecular complexity index is 1190. The second-order valence-electron chi connectivity index (χ2n) is 8.35. The lowest BCUT2D eigenvalue weighted by Crippen LogP contribution is -2.47. The van der Waals surface area contributed by atoms with Crippen LogP contribution in [0.5, 0.6) is 0 Å². The number of halogens is 2. The first-order valence-electron chi connectivity index (χ1n) is 10.2. The zero-order valence-corrected chi connectivity index (χ0v) is 20.8. The molecule has 4 nitrogen and oxygen atoms in total. The van der Waals surface area contributed by atoms with Gasteiger partial charge in [0.05, 0.1) is 17.3 Å². The van der Waals surface area contributed by atoms with E-state index in [4.69, 9.17) is 0 Å². The summed E-state index contributed by atoms with van der Waals surface area (Å²) in [5, 5.41) is 33.8. The summed E-state index contributed by atoms with van der Waals surface area (Å²) < 4.78 is 0.782. The molecular formula is C25H20Br2O4S. The number of carboxylic acids is 1. The largest absolute Gasteiger partial charge is 0.481 e. The highest BCUT2D eigenvalue weighted by Crippen LogP contribution is 2.74. The summed E-state index contributed by atoms with van der Waals surface area (Å²) in [6.45, 7) is 0. The Morgan fingerprint density at radius 2 is 1.62 bits per heavy atom. The predicted octanol–water partition coefficient (Wildman–Crippen LogP) is 5.65. The minimum Gasteiger partial charge on any atom is -0.481 e. The molecule has 7 heteroatoms. The van der Waals surface area contributed by atoms with Gasteiger partial charge < -0.3 is 15.3 Å². The fraction of sp³-hybridized carbons (Fsp3) is 0.240. The van der Waals surface area contributed by atoms with Crippen LogP contribution >= 0.6 is 43.6 Å². The Kier molecular flexibility index (Phi) is 5.54. The summed E-state index contributed by atoms with van der Waals surface area (Å²) in [4.78, 5) is 12.7. The number of carbonyl (C=O) groups is 1. The van der Waals surface area contributed by atoms with Crippen LogP contribution in [-0.2, 0) is 15.1 Å². The second-order valence-corrected chi connectivity index (χ2v) is 11.5. The number of rotatable bonds is 4. The minimum absolute atomic E-state index is 0.242. The fourth-order valence-corrected chi connectivity index (χ4v) is 8.27. The zero-order chi connectivity index (χ0) is 22.7. The normalized spacial score (nSPS) is 30.7. The molecule has 0 aromatic heterocycles. The van der Waals surface area contributed by atoms with Gasteiger partial charge in [-0.05, 0) is 35.4 Å². The van der Waals surface area contributed by atoms with Crippen molar-refractivity contribution in [3.63, 3.8) is 0 Å². The molecule has 1 aliphatic heterocycles. The quantitative estimate of drug-likeness (QED) is 0.375. The van der Waals surface area contributed by atoms with E-state index in [1.54, 1.807) is 0 Å². The molecule has 0 saturated heterocycles. The monoisotopic (exact) mass is 574 g/mol. The first-order valence-corrected chi connectivity index (χ1v) is 12.6. The molecule has 1 saturated carbocycles. The zero-order valence-electron chi connectivity index (χ0n) is 16.8. The van der Waals surface area contributed by atoms with Crippen LogP contribution in [0.4, 0.5) is 0 Å². The molecule has 0 spiro atoms. The number of thioether (sulfide) groups is 1. The third-order valence-electron chi connectivity index (χ3n) is 6.73. The van der Waals surface area contributed by atoms with Crippen LogP contribution in [0.25, 0.3) is 0 Å². The molecule has 5 atom stereocenters. The van der Waals surface area contributed by atoms with Gasteiger partial charge in [-0.3, -0.25) is 4.79 Å². The molecule has 0 bridgehead atoms. The molecule has 0 amide bonds. The van der Waals surface area contributed by atoms with Gasteiger partial charge in [-0.2, -0.15) is 0 Å². The Balaban J connectivity index is 1.84. The maximum absolute atomic E-state index is 12.4. The van der Waals surface area contributed by atoms with Gasteiger partial charge in [-0.1, -0.05) is 80.4 Å². The van der Waals surface area contributed by atoms with Gasteiger partial charge in [0.15, 0.2) is 0 Å². The van der Waals surface area contributed by atoms with Gasteiger partial charge in [0.25, 0.3) is 0 Å². The molecule has 0 unspecified atom stereocenters. The topological polar surface area (TPSA) is 77.8 Å². The lowest BCUT2D eigenvalue weighted by atomic mass is 9.73. The standard InChI is InChI=1S/C25H20Br2O4S/c26-16-8-6-15(7-9-16)25-22(14-4-2-1-3-5-14)18(13-21(28)29)23(30)24(25,31)19-11-10-17(27)12-20(19)32-25/h1-12,18,22-23,30-31H,13H2,(H,28,29)/t18-,22-,23-,24+,25+/m1/s1. The average molecular weight is 576 g/mol. The van der Waals surface area contributed by atoms with Gasteiger partial charge in [-0.25, -0.2) is 0 Å². The molecule has 3 aromatic carbocycles. The van der Waals surface area contributed by atoms with Gasteiger partial charge in [0.2, 0.25) is 0 Å². The van der Waals surface area contributed by atoms with Crippen LogP contribution in [0, 0.1) is 5.92 Å². The van der Waals surface area contributed by atoms with E-state index in [9.17, 15) is 20.1 Å². The molecule has 0 radical (unpaired) electrons. The first kappa shape index (κ1) is 22.2. The van der Waals surface area contributed by atoms with Crippen LogP contribution in [-0.4, -0.2) is 27.4 Å². The van der Waals surface area contributed by atoms with Crippen molar-refractivity contribution in [2.24, 2.45) is 5.92 Å². The summed E-state index contributed by atoms with van der Waals surface area (Å²) in [5.41, 5.74) is 0.717. The summed E-state index contributed by atoms with van der Waals surface area (Å²) >= 11 is 8.53. The number of hydrogen-bond acceptors (Lipinski definition) is 4. The molecule has 3 N–H and O–H groups in total. The number of benzene rings is 3. The molecule has 32 heavy (non-hydrogen) atoms. The highest BCUT2D eigenvalue weighted by Gasteiger charge is 2.74. The van der Waals surface area contributed by atoms with Gasteiger partial charge in [0, 0.05) is 31.2 Å². The first-order chi connectivity index (χ1) is 15.3. The van der Waals surface area contributed by atoms with E-state index in [1.165, 1.54) is 11.8 Å². The van der Waals surface area contributed by atoms with Gasteiger partial charge >= 0.3 is 5.97 Å². The van der Waals surface area contributed by atoms with Crippen molar-refractivity contribution in [3.05, 3.63) is 98.4 Å². The van der Waals surface area contributed by atoms with Crippen LogP contribution < -0.4 is 0 Å². The van der Waals surface area contributed by atoms with E-state index < -0.39 is 34.3 Å². The van der Waals surface area contributed by atoms with E-state index in [0.29, 0.717) is 5.56 Å². The smallest absolute Gasteiger partial charge is 0.303 e. The number of aliphatic hydroxyl groups is 2. The summed E-state index contributed by atoms with van der Waals surface area (Å²) in [6.07, 6.45) is -1.50. The molecule has 3 aromatic rings. The Morgan fingerprint density at radius 1 is 0.969 bits per heavy atom. The maximum Gasteiger partial charge on any atom is 0.303 e. The third kappa shape index (κ3) is 3.06. The highest BCUT2D eigenvalue weighted by atomic mass is 79.9. The van der Waals surface area contributed by atoms with Crippen LogP contribution in [0.1, 0.15) is 29.0 Å². The predicted molar refractivity (Wildman–Crippen MR) is 131 cm³/mol. The number of hydrogen-bond donors (Lipinski definition) is 3. The Labute approximate surface area is 206 Å². The van der Waals surface area contributed by atoms with E-state index >= 15 is 0 Å². The minimum atomic E-state index is -1.66. The molecule has 164 valence electrons. The molecule has 1 fully saturated rings. The van der Waals surface area contributed by atoms with Crippen LogP contribution in [0.15, 0.2) is 86.6 Å². The van der Waals surface area contributed by atoms with Crippen molar-refractivity contribution in [1.82, 2.24) is 0 Å². The molecule has 5 rings (SSSR count). The van der Waals surface area contributed by atoms with Crippen LogP contribution in [0.3, 0.4) is 0 Å². The third-order valence-corrected chi connectivity index (χ3v) is 9.44. The number of fused-ring (bicyclic) bond motifs is 3. The van der Waals surface area contributed by atoms with Crippen LogP contribution in [0.2, 0.25) is 0 Å². The fourth-order valence-electron chi connectivity index (χ4n) is 5.55. The molecule has 1 heterocycles. The van der Waals surface area contributed by atoms with Crippen molar-refractivity contribution in [2.75, 3.05) is 0 Å².